The van der Waals surface area contributed by atoms with Crippen molar-refractivity contribution in [1.82, 2.24) is 44.8 Å². The van der Waals surface area contributed by atoms with Crippen LogP contribution >= 0.6 is 0 Å². The second-order valence-corrected chi connectivity index (χ2v) is 18.6. The normalized spacial score (nSPS) is 21.3. The smallest absolute Gasteiger partial charge is 0.407 e. The molecular weight excluding hydrogens is 871 g/mol. The topological polar surface area (TPSA) is 198 Å². The minimum absolute atomic E-state index is 0.0955. The molecule has 4 atom stereocenters. The van der Waals surface area contributed by atoms with Crippen molar-refractivity contribution in [2.45, 2.75) is 103 Å². The van der Waals surface area contributed by atoms with Gasteiger partial charge in [0.25, 0.3) is 0 Å². The number of aromatic nitrogens is 8. The Morgan fingerprint density at radius 3 is 1.81 bits per heavy atom. The maximum absolute atomic E-state index is 12.1. The predicted octanol–water partition coefficient (Wildman–Crippen LogP) is 7.44. The van der Waals surface area contributed by atoms with Crippen LogP contribution in [0.3, 0.4) is 0 Å². The van der Waals surface area contributed by atoms with Gasteiger partial charge in [-0.1, -0.05) is 0 Å². The fourth-order valence-corrected chi connectivity index (χ4v) is 9.08. The van der Waals surface area contributed by atoms with Crippen molar-refractivity contribution < 1.29 is 38.3 Å². The number of amides is 1. The van der Waals surface area contributed by atoms with Crippen LogP contribution in [0.25, 0.3) is 44.6 Å². The van der Waals surface area contributed by atoms with Crippen LogP contribution in [0.5, 0.6) is 11.5 Å². The molecule has 0 aromatic carbocycles. The number of fused-ring (bicyclic) bond motifs is 2. The van der Waals surface area contributed by atoms with Crippen LogP contribution in [0.2, 0.25) is 0 Å². The van der Waals surface area contributed by atoms with Gasteiger partial charge in [-0.15, -0.1) is 0 Å². The number of rotatable bonds is 10. The predicted molar refractivity (Wildman–Crippen MR) is 256 cm³/mol. The van der Waals surface area contributed by atoms with Gasteiger partial charge in [0.15, 0.2) is 12.5 Å². The number of carbonyl (C=O) groups is 1. The fraction of sp³-hybridized carbons (Fsp3) is 0.531. The Labute approximate surface area is 396 Å². The molecule has 68 heavy (non-hydrogen) atoms. The molecule has 10 heterocycles. The highest BCUT2D eigenvalue weighted by Crippen LogP contribution is 2.38. The molecule has 362 valence electrons. The van der Waals surface area contributed by atoms with Crippen molar-refractivity contribution in [1.29, 1.82) is 0 Å². The Bertz CT molecular complexity index is 2660. The molecule has 0 spiro atoms. The molecule has 10 rings (SSSR count). The van der Waals surface area contributed by atoms with Crippen molar-refractivity contribution in [3.63, 3.8) is 0 Å². The number of hydrogen-bond acceptors (Lipinski definition) is 16. The first kappa shape index (κ1) is 46.9. The average Bonchev–Trinajstić information content (AvgIpc) is 4.04. The van der Waals surface area contributed by atoms with Crippen molar-refractivity contribution in [3.05, 3.63) is 61.2 Å². The maximum atomic E-state index is 12.1. The number of ether oxygens (including phenoxy) is 6. The highest BCUT2D eigenvalue weighted by molar-refractivity contribution is 5.96. The van der Waals surface area contributed by atoms with Gasteiger partial charge in [0, 0.05) is 74.0 Å². The first-order valence-electron chi connectivity index (χ1n) is 23.9. The van der Waals surface area contributed by atoms with Crippen LogP contribution < -0.4 is 19.9 Å². The van der Waals surface area contributed by atoms with E-state index in [1.54, 1.807) is 36.9 Å². The molecular formula is C49H63N11O8. The van der Waals surface area contributed by atoms with E-state index in [0.717, 1.165) is 104 Å². The van der Waals surface area contributed by atoms with Crippen LogP contribution in [-0.2, 0) is 23.7 Å². The molecule has 19 heteroatoms. The Balaban J connectivity index is 0.000000177. The molecule has 0 bridgehead atoms. The molecule has 4 aliphatic heterocycles. The fourth-order valence-electron chi connectivity index (χ4n) is 9.08. The van der Waals surface area contributed by atoms with Crippen LogP contribution in [0.15, 0.2) is 61.2 Å². The van der Waals surface area contributed by atoms with E-state index in [2.05, 4.69) is 44.1 Å². The summed E-state index contributed by atoms with van der Waals surface area (Å²) in [6.07, 6.45) is 12.5. The van der Waals surface area contributed by atoms with E-state index in [1.807, 2.05) is 54.4 Å². The lowest BCUT2D eigenvalue weighted by atomic mass is 10.1. The second-order valence-electron chi connectivity index (χ2n) is 18.6. The van der Waals surface area contributed by atoms with Gasteiger partial charge in [-0.05, 0) is 97.4 Å². The van der Waals surface area contributed by atoms with Gasteiger partial charge in [-0.25, -0.2) is 24.1 Å². The van der Waals surface area contributed by atoms with Gasteiger partial charge in [0.1, 0.15) is 57.8 Å². The molecule has 6 aromatic rings. The minimum atomic E-state index is -0.561. The quantitative estimate of drug-likeness (QED) is 0.128. The molecule has 4 fully saturated rings. The van der Waals surface area contributed by atoms with Gasteiger partial charge >= 0.3 is 6.09 Å². The van der Waals surface area contributed by atoms with E-state index in [9.17, 15) is 9.90 Å². The third-order valence-corrected chi connectivity index (χ3v) is 12.4. The van der Waals surface area contributed by atoms with Gasteiger partial charge in [-0.2, -0.15) is 10.2 Å². The lowest BCUT2D eigenvalue weighted by molar-refractivity contribution is -0.0384. The summed E-state index contributed by atoms with van der Waals surface area (Å²) in [6, 6.07) is 11.6. The molecule has 19 nitrogen and oxygen atoms in total. The van der Waals surface area contributed by atoms with Crippen molar-refractivity contribution in [3.8, 4) is 34.3 Å². The highest BCUT2D eigenvalue weighted by atomic mass is 16.6. The summed E-state index contributed by atoms with van der Waals surface area (Å²) in [5, 5.41) is 24.1. The number of nitrogens with zero attached hydrogens (tertiary/aromatic N) is 10. The largest absolute Gasteiger partial charge is 0.507 e. The van der Waals surface area contributed by atoms with Gasteiger partial charge in [0.2, 0.25) is 0 Å². The molecule has 0 saturated carbocycles. The maximum Gasteiger partial charge on any atom is 0.407 e. The van der Waals surface area contributed by atoms with E-state index in [-0.39, 0.29) is 36.9 Å². The molecule has 6 aromatic heterocycles. The van der Waals surface area contributed by atoms with E-state index in [1.165, 1.54) is 0 Å². The lowest BCUT2D eigenvalue weighted by Crippen LogP contribution is -2.44. The first-order valence-corrected chi connectivity index (χ1v) is 23.9. The summed E-state index contributed by atoms with van der Waals surface area (Å²) in [6.45, 7) is 15.8. The van der Waals surface area contributed by atoms with Gasteiger partial charge < -0.3 is 48.6 Å². The zero-order chi connectivity index (χ0) is 47.2. The first-order chi connectivity index (χ1) is 33.0. The summed E-state index contributed by atoms with van der Waals surface area (Å²) in [5.74, 6) is 2.40. The average molecular weight is 934 g/mol. The summed E-state index contributed by atoms with van der Waals surface area (Å²) >= 11 is 0. The Morgan fingerprint density at radius 2 is 1.28 bits per heavy atom. The third kappa shape index (κ3) is 10.6. The molecule has 1 amide bonds. The zero-order valence-electron chi connectivity index (χ0n) is 39.7. The molecule has 0 aliphatic carbocycles. The van der Waals surface area contributed by atoms with Crippen LogP contribution in [0.1, 0.15) is 85.6 Å². The van der Waals surface area contributed by atoms with Crippen LogP contribution in [0.4, 0.5) is 16.4 Å². The number of nitrogens with one attached hydrogen (secondary N) is 1. The lowest BCUT2D eigenvalue weighted by Gasteiger charge is -2.34. The second kappa shape index (κ2) is 21.0. The summed E-state index contributed by atoms with van der Waals surface area (Å²) < 4.78 is 38.5. The van der Waals surface area contributed by atoms with Crippen molar-refractivity contribution >= 4 is 39.5 Å². The SMILES string of the molecule is C[C@@H]1COCCN1c1cc(O)c2ccnc(-c3ccnn3C3CCCCO3)c2n1.C[C@@H]1COCCN1c1cc(OCCNC(=O)OC(C)(C)C)c2ccnc(-c3ccnn3C3CCCCO3)c2n1. The summed E-state index contributed by atoms with van der Waals surface area (Å²) in [4.78, 5) is 35.9. The summed E-state index contributed by atoms with van der Waals surface area (Å²) in [7, 11) is 0. The van der Waals surface area contributed by atoms with Crippen molar-refractivity contribution in [2.75, 3.05) is 75.7 Å². The number of anilines is 2. The molecule has 2 N–H and O–H groups in total. The number of morpholine rings is 2. The van der Waals surface area contributed by atoms with E-state index in [0.29, 0.717) is 55.3 Å². The Morgan fingerprint density at radius 1 is 0.735 bits per heavy atom. The Kier molecular flexibility index (Phi) is 14.5. The Hall–Kier alpha value is -6.15. The number of carbonyl (C=O) groups excluding carboxylic acids is 1. The van der Waals surface area contributed by atoms with E-state index in [4.69, 9.17) is 43.4 Å². The van der Waals surface area contributed by atoms with Gasteiger partial charge in [-0.3, -0.25) is 9.97 Å². The van der Waals surface area contributed by atoms with Crippen LogP contribution in [-0.4, -0.2) is 134 Å². The van der Waals surface area contributed by atoms with Crippen LogP contribution in [0, 0.1) is 0 Å². The van der Waals surface area contributed by atoms with E-state index >= 15 is 0 Å². The number of alkyl carbamates (subject to hydrolysis) is 1. The molecule has 4 saturated heterocycles. The number of aromatic hydroxyl groups is 1. The standard InChI is InChI=1S/C28H38N6O5.C21H25N5O3/c1-19-18-36-16-13-33(19)23-17-22(37-15-12-30-27(35)39-28(2,3)4)20-8-10-29-26(25(20)32-23)21-9-11-31-34(21)24-7-5-6-14-38-24;1-14-13-28-11-9-25(14)18-12-17(27)15-5-7-22-21(20(15)24-18)16-6-8-23-26(16)19-4-2-3-10-29-19/h8-11,17,19,24H,5-7,12-16,18H2,1-4H3,(H,30,35);5-8,12,14,19H,2-4,9-11,13H2,1H3,(H,24,27)/t19-,24?;14-,19?/m11/s1. The van der Waals surface area contributed by atoms with E-state index < -0.39 is 11.7 Å². The third-order valence-electron chi connectivity index (χ3n) is 12.4. The van der Waals surface area contributed by atoms with Crippen molar-refractivity contribution in [2.24, 2.45) is 0 Å². The highest BCUT2D eigenvalue weighted by Gasteiger charge is 2.28. The molecule has 4 aliphatic rings. The monoisotopic (exact) mass is 933 g/mol. The number of pyridine rings is 4. The number of hydrogen-bond donors (Lipinski definition) is 2. The summed E-state index contributed by atoms with van der Waals surface area (Å²) in [5.41, 5.74) is 3.95. The van der Waals surface area contributed by atoms with Gasteiger partial charge in [0.05, 0.1) is 56.4 Å². The zero-order valence-corrected chi connectivity index (χ0v) is 39.7. The molecule has 0 radical (unpaired) electrons. The minimum Gasteiger partial charge on any atom is -0.507 e. The molecule has 2 unspecified atom stereocenters.